The number of aromatic amines is 1. The monoisotopic (exact) mass is 333 g/mol. The number of nitrogens with one attached hydrogen (secondary N) is 1. The Labute approximate surface area is 145 Å². The maximum absolute atomic E-state index is 5.78. The highest BCUT2D eigenvalue weighted by molar-refractivity contribution is 5.82. The summed E-state index contributed by atoms with van der Waals surface area (Å²) in [5.41, 5.74) is 3.40. The lowest BCUT2D eigenvalue weighted by atomic mass is 10.1. The molecule has 4 aromatic rings. The predicted octanol–water partition coefficient (Wildman–Crippen LogP) is 4.40. The molecule has 0 spiro atoms. The smallest absolute Gasteiger partial charge is 0.247 e. The first-order chi connectivity index (χ1) is 12.3. The van der Waals surface area contributed by atoms with Crippen LogP contribution < -0.4 is 4.74 Å². The molecule has 0 aliphatic carbocycles. The Morgan fingerprint density at radius 1 is 1.00 bits per heavy atom. The van der Waals surface area contributed by atoms with Crippen LogP contribution in [0.4, 0.5) is 0 Å². The number of rotatable bonds is 6. The van der Waals surface area contributed by atoms with Crippen LogP contribution in [-0.2, 0) is 12.8 Å². The summed E-state index contributed by atoms with van der Waals surface area (Å²) in [6, 6.07) is 16.0. The maximum atomic E-state index is 5.78. The van der Waals surface area contributed by atoms with Crippen LogP contribution in [0.5, 0.6) is 5.75 Å². The number of para-hydroxylation sites is 1. The molecule has 0 bridgehead atoms. The summed E-state index contributed by atoms with van der Waals surface area (Å²) in [6.07, 6.45) is 4.79. The summed E-state index contributed by atoms with van der Waals surface area (Å²) < 4.78 is 10.9. The number of benzene rings is 2. The molecule has 0 fully saturated rings. The predicted molar refractivity (Wildman–Crippen MR) is 96.6 cm³/mol. The molecule has 5 nitrogen and oxygen atoms in total. The van der Waals surface area contributed by atoms with Crippen LogP contribution in [0.15, 0.2) is 59.1 Å². The Hall–Kier alpha value is -3.08. The normalized spacial score (nSPS) is 11.1. The Bertz CT molecular complexity index is 970. The van der Waals surface area contributed by atoms with Gasteiger partial charge >= 0.3 is 0 Å². The van der Waals surface area contributed by atoms with Gasteiger partial charge in [-0.3, -0.25) is 0 Å². The number of fused-ring (bicyclic) bond motifs is 1. The molecule has 0 amide bonds. The van der Waals surface area contributed by atoms with Gasteiger partial charge in [0.15, 0.2) is 0 Å². The standard InChI is InChI=1S/C20H19N3O2/c1-24-16-11-9-14(10-12-16)20-23-22-19(25-20)8-4-5-15-13-21-18-7-3-2-6-17(15)18/h2-3,6-7,9-13,21H,4-5,8H2,1H3. The van der Waals surface area contributed by atoms with E-state index in [1.165, 1.54) is 16.5 Å². The zero-order valence-electron chi connectivity index (χ0n) is 14.0. The third-order valence-electron chi connectivity index (χ3n) is 4.32. The molecule has 2 aromatic carbocycles. The van der Waals surface area contributed by atoms with Crippen molar-refractivity contribution >= 4 is 10.9 Å². The molecule has 1 N–H and O–H groups in total. The molecule has 0 atom stereocenters. The van der Waals surface area contributed by atoms with Gasteiger partial charge in [-0.2, -0.15) is 0 Å². The number of ether oxygens (including phenoxy) is 1. The largest absolute Gasteiger partial charge is 0.497 e. The SMILES string of the molecule is COc1ccc(-c2nnc(CCCc3c[nH]c4ccccc34)o2)cc1. The Morgan fingerprint density at radius 3 is 2.68 bits per heavy atom. The van der Waals surface area contributed by atoms with E-state index in [-0.39, 0.29) is 0 Å². The van der Waals surface area contributed by atoms with Crippen LogP contribution in [-0.4, -0.2) is 22.3 Å². The van der Waals surface area contributed by atoms with Crippen LogP contribution in [0, 0.1) is 0 Å². The van der Waals surface area contributed by atoms with Crippen molar-refractivity contribution in [1.29, 1.82) is 0 Å². The first-order valence-electron chi connectivity index (χ1n) is 8.35. The van der Waals surface area contributed by atoms with E-state index in [1.54, 1.807) is 7.11 Å². The molecule has 0 saturated heterocycles. The van der Waals surface area contributed by atoms with Crippen LogP contribution in [0.1, 0.15) is 17.9 Å². The highest BCUT2D eigenvalue weighted by atomic mass is 16.5. The molecular formula is C20H19N3O2. The fraction of sp³-hybridized carbons (Fsp3) is 0.200. The molecule has 0 saturated carbocycles. The van der Waals surface area contributed by atoms with Gasteiger partial charge < -0.3 is 14.1 Å². The van der Waals surface area contributed by atoms with E-state index < -0.39 is 0 Å². The third-order valence-corrected chi connectivity index (χ3v) is 4.32. The lowest BCUT2D eigenvalue weighted by molar-refractivity contribution is 0.415. The van der Waals surface area contributed by atoms with E-state index >= 15 is 0 Å². The molecule has 0 unspecified atom stereocenters. The van der Waals surface area contributed by atoms with Crippen molar-refractivity contribution in [3.63, 3.8) is 0 Å². The quantitative estimate of drug-likeness (QED) is 0.568. The van der Waals surface area contributed by atoms with Gasteiger partial charge in [-0.25, -0.2) is 0 Å². The minimum atomic E-state index is 0.546. The van der Waals surface area contributed by atoms with Crippen molar-refractivity contribution in [2.75, 3.05) is 7.11 Å². The number of aromatic nitrogens is 3. The van der Waals surface area contributed by atoms with Crippen LogP contribution >= 0.6 is 0 Å². The second-order valence-corrected chi connectivity index (χ2v) is 5.94. The fourth-order valence-corrected chi connectivity index (χ4v) is 2.97. The zero-order valence-corrected chi connectivity index (χ0v) is 14.0. The number of hydrogen-bond acceptors (Lipinski definition) is 4. The molecule has 2 aromatic heterocycles. The van der Waals surface area contributed by atoms with Crippen LogP contribution in [0.25, 0.3) is 22.4 Å². The van der Waals surface area contributed by atoms with Crippen molar-refractivity contribution in [1.82, 2.24) is 15.2 Å². The van der Waals surface area contributed by atoms with E-state index in [0.717, 1.165) is 30.6 Å². The molecule has 5 heteroatoms. The summed E-state index contributed by atoms with van der Waals surface area (Å²) in [5.74, 6) is 2.03. The number of methoxy groups -OCH3 is 1. The van der Waals surface area contributed by atoms with Gasteiger partial charge in [0.2, 0.25) is 11.8 Å². The summed E-state index contributed by atoms with van der Waals surface area (Å²) >= 11 is 0. The highest BCUT2D eigenvalue weighted by Gasteiger charge is 2.09. The summed E-state index contributed by atoms with van der Waals surface area (Å²) in [6.45, 7) is 0. The molecule has 0 radical (unpaired) electrons. The van der Waals surface area contributed by atoms with Crippen LogP contribution in [0.2, 0.25) is 0 Å². The fourth-order valence-electron chi connectivity index (χ4n) is 2.97. The second kappa shape index (κ2) is 6.81. The molecule has 0 aliphatic rings. The molecule has 126 valence electrons. The van der Waals surface area contributed by atoms with E-state index in [9.17, 15) is 0 Å². The Balaban J connectivity index is 1.39. The van der Waals surface area contributed by atoms with E-state index in [4.69, 9.17) is 9.15 Å². The van der Waals surface area contributed by atoms with Crippen molar-refractivity contribution in [3.8, 4) is 17.2 Å². The molecule has 25 heavy (non-hydrogen) atoms. The lowest BCUT2D eigenvalue weighted by Gasteiger charge is -1.99. The average molecular weight is 333 g/mol. The first-order valence-corrected chi connectivity index (χ1v) is 8.35. The summed E-state index contributed by atoms with van der Waals surface area (Å²) in [7, 11) is 1.65. The highest BCUT2D eigenvalue weighted by Crippen LogP contribution is 2.22. The van der Waals surface area contributed by atoms with Gasteiger partial charge in [0.05, 0.1) is 7.11 Å². The number of aryl methyl sites for hydroxylation is 2. The van der Waals surface area contributed by atoms with E-state index in [0.29, 0.717) is 11.8 Å². The van der Waals surface area contributed by atoms with Crippen LogP contribution in [0.3, 0.4) is 0 Å². The van der Waals surface area contributed by atoms with E-state index in [2.05, 4.69) is 39.6 Å². The zero-order chi connectivity index (χ0) is 17.1. The summed E-state index contributed by atoms with van der Waals surface area (Å²) in [5, 5.41) is 9.59. The molecular weight excluding hydrogens is 314 g/mol. The maximum Gasteiger partial charge on any atom is 0.247 e. The minimum Gasteiger partial charge on any atom is -0.497 e. The van der Waals surface area contributed by atoms with Gasteiger partial charge in [-0.15, -0.1) is 10.2 Å². The third kappa shape index (κ3) is 3.26. The molecule has 2 heterocycles. The van der Waals surface area contributed by atoms with Crippen molar-refractivity contribution < 1.29 is 9.15 Å². The van der Waals surface area contributed by atoms with Gasteiger partial charge in [0, 0.05) is 29.1 Å². The number of nitrogens with zero attached hydrogens (tertiary/aromatic N) is 2. The topological polar surface area (TPSA) is 63.9 Å². The van der Waals surface area contributed by atoms with E-state index in [1.807, 2.05) is 30.3 Å². The Morgan fingerprint density at radius 2 is 1.84 bits per heavy atom. The first kappa shape index (κ1) is 15.4. The summed E-state index contributed by atoms with van der Waals surface area (Å²) in [4.78, 5) is 3.31. The van der Waals surface area contributed by atoms with Crippen molar-refractivity contribution in [3.05, 3.63) is 66.2 Å². The van der Waals surface area contributed by atoms with Gasteiger partial charge in [-0.1, -0.05) is 18.2 Å². The Kier molecular flexibility index (Phi) is 4.21. The van der Waals surface area contributed by atoms with Gasteiger partial charge in [0.25, 0.3) is 0 Å². The van der Waals surface area contributed by atoms with Crippen molar-refractivity contribution in [2.45, 2.75) is 19.3 Å². The molecule has 4 rings (SSSR count). The average Bonchev–Trinajstić information content (AvgIpc) is 3.30. The molecule has 0 aliphatic heterocycles. The number of hydrogen-bond donors (Lipinski definition) is 1. The lowest BCUT2D eigenvalue weighted by Crippen LogP contribution is -1.89. The number of H-pyrrole nitrogens is 1. The minimum absolute atomic E-state index is 0.546. The van der Waals surface area contributed by atoms with Gasteiger partial charge in [0.1, 0.15) is 5.75 Å². The second-order valence-electron chi connectivity index (χ2n) is 5.94. The van der Waals surface area contributed by atoms with Gasteiger partial charge in [-0.05, 0) is 48.7 Å². The van der Waals surface area contributed by atoms with Crippen molar-refractivity contribution in [2.24, 2.45) is 0 Å².